The van der Waals surface area contributed by atoms with Gasteiger partial charge in [0.05, 0.1) is 0 Å². The zero-order valence-electron chi connectivity index (χ0n) is 6.59. The van der Waals surface area contributed by atoms with E-state index in [9.17, 15) is 0 Å². The van der Waals surface area contributed by atoms with E-state index in [0.29, 0.717) is 0 Å². The molecule has 0 unspecified atom stereocenters. The fraction of sp³-hybridized carbons (Fsp3) is 0.200. The van der Waals surface area contributed by atoms with Gasteiger partial charge in [0.15, 0.2) is 0 Å². The summed E-state index contributed by atoms with van der Waals surface area (Å²) in [4.78, 5) is 0. The van der Waals surface area contributed by atoms with Crippen LogP contribution in [0.2, 0.25) is 3.98 Å². The van der Waals surface area contributed by atoms with Crippen LogP contribution in [0.1, 0.15) is 5.56 Å². The van der Waals surface area contributed by atoms with E-state index in [4.69, 9.17) is 0 Å². The molecule has 56 valence electrons. The van der Waals surface area contributed by atoms with Gasteiger partial charge in [0.25, 0.3) is 0 Å². The van der Waals surface area contributed by atoms with Gasteiger partial charge in [-0.05, 0) is 0 Å². The molecule has 0 heterocycles. The molecule has 0 atom stereocenters. The van der Waals surface area contributed by atoms with Crippen LogP contribution in [0.5, 0.6) is 0 Å². The molecule has 0 fully saturated rings. The second kappa shape index (κ2) is 5.52. The Morgan fingerprint density at radius 1 is 1.27 bits per heavy atom. The summed E-state index contributed by atoms with van der Waals surface area (Å²) in [6.07, 6.45) is 2.06. The van der Waals surface area contributed by atoms with Crippen LogP contribution in [-0.4, -0.2) is 24.2 Å². The number of allylic oxidation sites excluding steroid dienone is 1. The summed E-state index contributed by atoms with van der Waals surface area (Å²) in [5, 5.41) is 0. The molecular formula is C10H12Pb. The maximum absolute atomic E-state index is 3.74. The van der Waals surface area contributed by atoms with Gasteiger partial charge in [-0.25, -0.2) is 0 Å². The van der Waals surface area contributed by atoms with Crippen molar-refractivity contribution in [1.82, 2.24) is 0 Å². The van der Waals surface area contributed by atoms with E-state index in [1.165, 1.54) is 13.5 Å². The predicted octanol–water partition coefficient (Wildman–Crippen LogP) is 2.50. The van der Waals surface area contributed by atoms with E-state index in [1.54, 1.807) is 0 Å². The number of hydrogen-bond acceptors (Lipinski definition) is 0. The molecule has 0 aliphatic heterocycles. The van der Waals surface area contributed by atoms with Gasteiger partial charge in [-0.2, -0.15) is 0 Å². The minimum atomic E-state index is -0.353. The molecule has 0 saturated heterocycles. The van der Waals surface area contributed by atoms with Gasteiger partial charge in [0.2, 0.25) is 0 Å². The monoisotopic (exact) mass is 340 g/mol. The van der Waals surface area contributed by atoms with Crippen LogP contribution in [0.3, 0.4) is 0 Å². The van der Waals surface area contributed by atoms with Crippen molar-refractivity contribution in [3.63, 3.8) is 0 Å². The number of benzene rings is 1. The van der Waals surface area contributed by atoms with E-state index in [-0.39, 0.29) is 24.2 Å². The van der Waals surface area contributed by atoms with Crippen molar-refractivity contribution in [1.29, 1.82) is 0 Å². The van der Waals surface area contributed by atoms with Crippen molar-refractivity contribution >= 4 is 24.2 Å². The second-order valence-corrected chi connectivity index (χ2v) is 7.31. The van der Waals surface area contributed by atoms with Crippen molar-refractivity contribution in [2.45, 2.75) is 7.96 Å². The summed E-state index contributed by atoms with van der Waals surface area (Å²) in [7, 11) is 0. The first kappa shape index (κ1) is 8.97. The van der Waals surface area contributed by atoms with Gasteiger partial charge in [-0.3, -0.25) is 0 Å². The standard InChI is InChI=1S/C7H7.C3H5.Pb/c1-7-5-3-2-4-6-7;1-3-2;/h2-6H,1H2;3H,1-2H2;. The van der Waals surface area contributed by atoms with E-state index in [2.05, 4.69) is 43.0 Å². The molecule has 1 heteroatoms. The molecule has 0 aliphatic rings. The SMILES string of the molecule is C=C[CH2][Pb][CH2]c1ccccc1. The van der Waals surface area contributed by atoms with Crippen molar-refractivity contribution in [3.8, 4) is 0 Å². The molecular weight excluding hydrogens is 327 g/mol. The summed E-state index contributed by atoms with van der Waals surface area (Å²) in [5.41, 5.74) is 1.51. The molecule has 0 amide bonds. The second-order valence-electron chi connectivity index (χ2n) is 2.41. The molecule has 0 aromatic heterocycles. The normalized spacial score (nSPS) is 9.45. The maximum atomic E-state index is 3.74. The molecule has 0 saturated carbocycles. The van der Waals surface area contributed by atoms with E-state index < -0.39 is 0 Å². The molecule has 11 heavy (non-hydrogen) atoms. The molecule has 0 N–H and O–H groups in total. The third-order valence-corrected chi connectivity index (χ3v) is 6.26. The van der Waals surface area contributed by atoms with Crippen LogP contribution in [0.4, 0.5) is 0 Å². The molecule has 0 bridgehead atoms. The Bertz CT molecular complexity index is 203. The zero-order chi connectivity index (χ0) is 7.94. The Balaban J connectivity index is 2.33. The molecule has 0 nitrogen and oxygen atoms in total. The third-order valence-electron chi connectivity index (χ3n) is 1.46. The van der Waals surface area contributed by atoms with Gasteiger partial charge >= 0.3 is 80.7 Å². The van der Waals surface area contributed by atoms with Crippen LogP contribution < -0.4 is 0 Å². The Hall–Kier alpha value is -0.118. The topological polar surface area (TPSA) is 0 Å². The third kappa shape index (κ3) is 3.70. The first-order chi connectivity index (χ1) is 5.43. The van der Waals surface area contributed by atoms with Gasteiger partial charge in [0, 0.05) is 0 Å². The Morgan fingerprint density at radius 3 is 2.64 bits per heavy atom. The number of hydrogen-bond donors (Lipinski definition) is 0. The van der Waals surface area contributed by atoms with Crippen molar-refractivity contribution < 1.29 is 0 Å². The summed E-state index contributed by atoms with van der Waals surface area (Å²) in [5.74, 6) is 0. The van der Waals surface area contributed by atoms with Crippen LogP contribution in [0, 0.1) is 0 Å². The Morgan fingerprint density at radius 2 is 2.00 bits per heavy atom. The van der Waals surface area contributed by atoms with Gasteiger partial charge in [-0.1, -0.05) is 0 Å². The van der Waals surface area contributed by atoms with Crippen LogP contribution in [-0.2, 0) is 3.98 Å². The quantitative estimate of drug-likeness (QED) is 0.449. The van der Waals surface area contributed by atoms with E-state index in [0.717, 1.165) is 0 Å². The van der Waals surface area contributed by atoms with Gasteiger partial charge in [0.1, 0.15) is 0 Å². The summed E-state index contributed by atoms with van der Waals surface area (Å²) in [6, 6.07) is 10.7. The molecule has 0 spiro atoms. The van der Waals surface area contributed by atoms with Gasteiger partial charge in [-0.15, -0.1) is 0 Å². The van der Waals surface area contributed by atoms with Crippen LogP contribution in [0.25, 0.3) is 0 Å². The summed E-state index contributed by atoms with van der Waals surface area (Å²) in [6.45, 7) is 3.74. The van der Waals surface area contributed by atoms with Crippen LogP contribution >= 0.6 is 0 Å². The fourth-order valence-electron chi connectivity index (χ4n) is 0.914. The van der Waals surface area contributed by atoms with Crippen molar-refractivity contribution in [2.75, 3.05) is 0 Å². The van der Waals surface area contributed by atoms with Crippen LogP contribution in [0.15, 0.2) is 43.0 Å². The Labute approximate surface area is 80.5 Å². The Kier molecular flexibility index (Phi) is 4.50. The average Bonchev–Trinajstić information content (AvgIpc) is 2.07. The van der Waals surface area contributed by atoms with Crippen molar-refractivity contribution in [2.24, 2.45) is 0 Å². The van der Waals surface area contributed by atoms with Crippen molar-refractivity contribution in [3.05, 3.63) is 48.6 Å². The average molecular weight is 339 g/mol. The zero-order valence-corrected chi connectivity index (χ0v) is 10.5. The molecule has 1 rings (SSSR count). The first-order valence-corrected chi connectivity index (χ1v) is 9.29. The van der Waals surface area contributed by atoms with E-state index in [1.807, 2.05) is 0 Å². The molecule has 2 radical (unpaired) electrons. The summed E-state index contributed by atoms with van der Waals surface area (Å²) < 4.78 is 2.68. The predicted molar refractivity (Wildman–Crippen MR) is 50.9 cm³/mol. The number of rotatable bonds is 4. The molecule has 0 aliphatic carbocycles. The van der Waals surface area contributed by atoms with E-state index >= 15 is 0 Å². The summed E-state index contributed by atoms with van der Waals surface area (Å²) >= 11 is -0.353. The molecule has 1 aromatic rings. The minimum absolute atomic E-state index is 0.353. The molecule has 1 aromatic carbocycles. The van der Waals surface area contributed by atoms with Gasteiger partial charge < -0.3 is 0 Å². The fourth-order valence-corrected chi connectivity index (χ4v) is 4.31. The first-order valence-electron chi connectivity index (χ1n) is 3.79.